The number of rotatable bonds is 5. The van der Waals surface area contributed by atoms with Crippen molar-refractivity contribution >= 4 is 28.6 Å². The molecule has 1 atom stereocenters. The fraction of sp³-hybridized carbons (Fsp3) is 0.348. The molecule has 3 rings (SSSR count). The van der Waals surface area contributed by atoms with Crippen LogP contribution in [0.1, 0.15) is 63.5 Å². The first kappa shape index (κ1) is 25.5. The summed E-state index contributed by atoms with van der Waals surface area (Å²) >= 11 is 6.19. The van der Waals surface area contributed by atoms with Crippen LogP contribution in [0.25, 0.3) is 16.6 Å². The molecule has 0 radical (unpaired) electrons. The predicted octanol–water partition coefficient (Wildman–Crippen LogP) is 6.50. The number of nitrogens with one attached hydrogen (secondary N) is 1. The minimum Gasteiger partial charge on any atom is -0.444 e. The third-order valence-corrected chi connectivity index (χ3v) is 5.03. The van der Waals surface area contributed by atoms with Crippen LogP contribution < -0.4 is 10.9 Å². The molecule has 1 amide bonds. The molecule has 0 spiro atoms. The maximum Gasteiger partial charge on any atom is 0.408 e. The smallest absolute Gasteiger partial charge is 0.408 e. The average molecular weight is 500 g/mol. The van der Waals surface area contributed by atoms with Gasteiger partial charge in [0.2, 0.25) is 0 Å². The molecule has 0 saturated carbocycles. The molecule has 1 unspecified atom stereocenters. The van der Waals surface area contributed by atoms with E-state index in [9.17, 15) is 27.2 Å². The molecule has 6 nitrogen and oxygen atoms in total. The molecule has 1 aromatic heterocycles. The largest absolute Gasteiger partial charge is 0.444 e. The highest BCUT2D eigenvalue weighted by molar-refractivity contribution is 6.35. The second-order valence-corrected chi connectivity index (χ2v) is 8.98. The molecule has 0 aliphatic rings. The van der Waals surface area contributed by atoms with Crippen LogP contribution in [0.4, 0.5) is 22.4 Å². The fourth-order valence-electron chi connectivity index (χ4n) is 3.34. The highest BCUT2D eigenvalue weighted by Gasteiger charge is 2.25. The van der Waals surface area contributed by atoms with Crippen LogP contribution in [0.15, 0.2) is 41.2 Å². The van der Waals surface area contributed by atoms with Gasteiger partial charge in [-0.25, -0.2) is 27.3 Å². The molecule has 34 heavy (non-hydrogen) atoms. The van der Waals surface area contributed by atoms with Crippen molar-refractivity contribution in [2.75, 3.05) is 0 Å². The zero-order valence-electron chi connectivity index (χ0n) is 18.7. The SMILES string of the molecule is CC(NC(=O)OC(C)(C)C)c1nc2cccc(Cl)c2c(=O)n1-c1cc(C(F)F)cc(C(F)F)c1. The van der Waals surface area contributed by atoms with E-state index < -0.39 is 47.3 Å². The Morgan fingerprint density at radius 1 is 1.09 bits per heavy atom. The monoisotopic (exact) mass is 499 g/mol. The van der Waals surface area contributed by atoms with Gasteiger partial charge in [-0.05, 0) is 58.0 Å². The van der Waals surface area contributed by atoms with E-state index in [-0.39, 0.29) is 27.4 Å². The van der Waals surface area contributed by atoms with Crippen LogP contribution >= 0.6 is 11.6 Å². The summed E-state index contributed by atoms with van der Waals surface area (Å²) in [4.78, 5) is 30.2. The van der Waals surface area contributed by atoms with E-state index in [0.717, 1.165) is 16.7 Å². The molecule has 0 bridgehead atoms. The van der Waals surface area contributed by atoms with Gasteiger partial charge >= 0.3 is 6.09 Å². The second-order valence-electron chi connectivity index (χ2n) is 8.57. The van der Waals surface area contributed by atoms with Gasteiger partial charge in [0, 0.05) is 11.1 Å². The van der Waals surface area contributed by atoms with Crippen molar-refractivity contribution < 1.29 is 27.1 Å². The zero-order chi connectivity index (χ0) is 25.4. The molecular weight excluding hydrogens is 478 g/mol. The van der Waals surface area contributed by atoms with E-state index in [1.807, 2.05) is 0 Å². The van der Waals surface area contributed by atoms with Gasteiger partial charge < -0.3 is 10.1 Å². The molecule has 11 heteroatoms. The average Bonchev–Trinajstić information content (AvgIpc) is 2.71. The first-order valence-electron chi connectivity index (χ1n) is 10.2. The Morgan fingerprint density at radius 2 is 1.68 bits per heavy atom. The van der Waals surface area contributed by atoms with Gasteiger partial charge in [-0.15, -0.1) is 0 Å². The van der Waals surface area contributed by atoms with Crippen LogP contribution in [0.2, 0.25) is 5.02 Å². The number of ether oxygens (including phenoxy) is 1. The van der Waals surface area contributed by atoms with E-state index in [0.29, 0.717) is 6.07 Å². The number of fused-ring (bicyclic) bond motifs is 1. The molecular formula is C23H22ClF4N3O3. The van der Waals surface area contributed by atoms with Crippen LogP contribution in [-0.2, 0) is 4.74 Å². The summed E-state index contributed by atoms with van der Waals surface area (Å²) in [5.41, 5.74) is -3.06. The van der Waals surface area contributed by atoms with Crippen LogP contribution in [0, 0.1) is 0 Å². The van der Waals surface area contributed by atoms with Crippen molar-refractivity contribution in [1.29, 1.82) is 0 Å². The summed E-state index contributed by atoms with van der Waals surface area (Å²) in [5, 5.41) is 2.55. The maximum absolute atomic E-state index is 13.5. The van der Waals surface area contributed by atoms with Crippen LogP contribution in [-0.4, -0.2) is 21.2 Å². The van der Waals surface area contributed by atoms with Crippen molar-refractivity contribution in [2.45, 2.75) is 52.2 Å². The Labute approximate surface area is 197 Å². The molecule has 0 saturated heterocycles. The van der Waals surface area contributed by atoms with Crippen molar-refractivity contribution in [1.82, 2.24) is 14.9 Å². The van der Waals surface area contributed by atoms with Gasteiger partial charge in [-0.1, -0.05) is 17.7 Å². The zero-order valence-corrected chi connectivity index (χ0v) is 19.5. The lowest BCUT2D eigenvalue weighted by Crippen LogP contribution is -2.37. The molecule has 182 valence electrons. The number of halogens is 5. The number of carbonyl (C=O) groups is 1. The summed E-state index contributed by atoms with van der Waals surface area (Å²) in [6.45, 7) is 6.46. The van der Waals surface area contributed by atoms with E-state index >= 15 is 0 Å². The van der Waals surface area contributed by atoms with Crippen LogP contribution in [0.3, 0.4) is 0 Å². The lowest BCUT2D eigenvalue weighted by atomic mass is 10.1. The first-order valence-corrected chi connectivity index (χ1v) is 10.6. The number of aromatic nitrogens is 2. The fourth-order valence-corrected chi connectivity index (χ4v) is 3.59. The van der Waals surface area contributed by atoms with E-state index in [4.69, 9.17) is 16.3 Å². The lowest BCUT2D eigenvalue weighted by Gasteiger charge is -2.24. The summed E-state index contributed by atoms with van der Waals surface area (Å²) < 4.78 is 60.0. The summed E-state index contributed by atoms with van der Waals surface area (Å²) in [7, 11) is 0. The molecule has 1 heterocycles. The Balaban J connectivity index is 2.28. The number of alkyl carbamates (subject to hydrolysis) is 1. The highest BCUT2D eigenvalue weighted by Crippen LogP contribution is 2.30. The Kier molecular flexibility index (Phi) is 7.21. The predicted molar refractivity (Wildman–Crippen MR) is 120 cm³/mol. The van der Waals surface area contributed by atoms with Crippen molar-refractivity contribution in [2.24, 2.45) is 0 Å². The summed E-state index contributed by atoms with van der Waals surface area (Å²) in [5.74, 6) is -0.0859. The number of hydrogen-bond donors (Lipinski definition) is 1. The van der Waals surface area contributed by atoms with E-state index in [1.54, 1.807) is 26.8 Å². The van der Waals surface area contributed by atoms with Gasteiger partial charge in [0.15, 0.2) is 0 Å². The summed E-state index contributed by atoms with van der Waals surface area (Å²) in [6, 6.07) is 6.06. The first-order chi connectivity index (χ1) is 15.8. The minimum atomic E-state index is -3.06. The summed E-state index contributed by atoms with van der Waals surface area (Å²) in [6.07, 6.45) is -6.95. The van der Waals surface area contributed by atoms with Gasteiger partial charge in [0.05, 0.1) is 27.7 Å². The van der Waals surface area contributed by atoms with Crippen molar-refractivity contribution in [3.63, 3.8) is 0 Å². The Bertz CT molecular complexity index is 1260. The number of amides is 1. The topological polar surface area (TPSA) is 73.2 Å². The van der Waals surface area contributed by atoms with Crippen LogP contribution in [0.5, 0.6) is 0 Å². The number of alkyl halides is 4. The number of hydrogen-bond acceptors (Lipinski definition) is 4. The maximum atomic E-state index is 13.5. The molecule has 0 aliphatic heterocycles. The number of benzene rings is 2. The van der Waals surface area contributed by atoms with Gasteiger partial charge in [0.25, 0.3) is 18.4 Å². The van der Waals surface area contributed by atoms with E-state index in [1.165, 1.54) is 19.1 Å². The second kappa shape index (κ2) is 9.61. The van der Waals surface area contributed by atoms with Gasteiger partial charge in [-0.3, -0.25) is 9.36 Å². The Hall–Kier alpha value is -3.14. The van der Waals surface area contributed by atoms with E-state index in [2.05, 4.69) is 10.3 Å². The molecule has 3 aromatic rings. The third-order valence-electron chi connectivity index (χ3n) is 4.72. The molecule has 1 N–H and O–H groups in total. The molecule has 0 fully saturated rings. The number of nitrogens with zero attached hydrogens (tertiary/aromatic N) is 2. The Morgan fingerprint density at radius 3 is 2.21 bits per heavy atom. The third kappa shape index (κ3) is 5.49. The van der Waals surface area contributed by atoms with Gasteiger partial charge in [-0.2, -0.15) is 0 Å². The lowest BCUT2D eigenvalue weighted by molar-refractivity contribution is 0.0505. The van der Waals surface area contributed by atoms with Crippen molar-refractivity contribution in [3.8, 4) is 5.69 Å². The van der Waals surface area contributed by atoms with Crippen molar-refractivity contribution in [3.05, 3.63) is 68.7 Å². The molecule has 0 aliphatic carbocycles. The highest BCUT2D eigenvalue weighted by atomic mass is 35.5. The van der Waals surface area contributed by atoms with Gasteiger partial charge in [0.1, 0.15) is 11.4 Å². The molecule has 2 aromatic carbocycles. The number of carbonyl (C=O) groups excluding carboxylic acids is 1. The normalized spacial score (nSPS) is 12.9. The minimum absolute atomic E-state index is 0.0292. The quantitative estimate of drug-likeness (QED) is 0.407. The standard InChI is InChI=1S/C23H22ClF4N3O3/c1-11(29-22(33)34-23(2,3)4)20-30-16-7-5-6-15(24)17(16)21(32)31(20)14-9-12(18(25)26)8-13(10-14)19(27)28/h5-11,18-19H,1-4H3,(H,29,33).